The van der Waals surface area contributed by atoms with Crippen LogP contribution in [0, 0.1) is 5.92 Å². The van der Waals surface area contributed by atoms with Gasteiger partial charge in [-0.05, 0) is 12.0 Å². The SMILES string of the molecule is O=C(O)CNC(=O)[C@@H](CI)Cc1ccccc1. The van der Waals surface area contributed by atoms with E-state index < -0.39 is 5.97 Å². The summed E-state index contributed by atoms with van der Waals surface area (Å²) < 4.78 is 0.665. The summed E-state index contributed by atoms with van der Waals surface area (Å²) in [6.45, 7) is -0.319. The molecule has 0 saturated carbocycles. The predicted molar refractivity (Wildman–Crippen MR) is 73.2 cm³/mol. The molecule has 1 amide bonds. The maximum absolute atomic E-state index is 11.7. The molecule has 5 heteroatoms. The molecule has 92 valence electrons. The van der Waals surface area contributed by atoms with E-state index in [4.69, 9.17) is 5.11 Å². The Hall–Kier alpha value is -1.11. The number of carboxylic acids is 1. The highest BCUT2D eigenvalue weighted by Crippen LogP contribution is 2.11. The lowest BCUT2D eigenvalue weighted by Crippen LogP contribution is -2.36. The van der Waals surface area contributed by atoms with Gasteiger partial charge in [0.05, 0.1) is 5.92 Å². The van der Waals surface area contributed by atoms with E-state index in [-0.39, 0.29) is 18.4 Å². The van der Waals surface area contributed by atoms with Crippen LogP contribution in [0.15, 0.2) is 30.3 Å². The molecular weight excluding hydrogens is 333 g/mol. The second kappa shape index (κ2) is 7.26. The van der Waals surface area contributed by atoms with Crippen LogP contribution in [0.5, 0.6) is 0 Å². The molecule has 0 aliphatic heterocycles. The number of nitrogens with one attached hydrogen (secondary N) is 1. The Balaban J connectivity index is 2.53. The molecule has 0 aliphatic rings. The lowest BCUT2D eigenvalue weighted by Gasteiger charge is -2.13. The molecular formula is C12H14INO3. The quantitative estimate of drug-likeness (QED) is 0.605. The van der Waals surface area contributed by atoms with Crippen LogP contribution in [-0.4, -0.2) is 28.0 Å². The van der Waals surface area contributed by atoms with Crippen LogP contribution in [0.2, 0.25) is 0 Å². The van der Waals surface area contributed by atoms with Gasteiger partial charge < -0.3 is 10.4 Å². The number of aliphatic carboxylic acids is 1. The van der Waals surface area contributed by atoms with Crippen LogP contribution >= 0.6 is 22.6 Å². The number of carbonyl (C=O) groups excluding carboxylic acids is 1. The summed E-state index contributed by atoms with van der Waals surface area (Å²) in [5.41, 5.74) is 1.08. The molecule has 0 unspecified atom stereocenters. The average molecular weight is 347 g/mol. The van der Waals surface area contributed by atoms with E-state index in [9.17, 15) is 9.59 Å². The second-order valence-electron chi connectivity index (χ2n) is 3.65. The molecule has 0 spiro atoms. The number of carbonyl (C=O) groups is 2. The summed E-state index contributed by atoms with van der Waals surface area (Å²) in [4.78, 5) is 22.1. The molecule has 0 bridgehead atoms. The number of benzene rings is 1. The van der Waals surface area contributed by atoms with Crippen molar-refractivity contribution in [1.82, 2.24) is 5.32 Å². The Labute approximate surface area is 114 Å². The van der Waals surface area contributed by atoms with Crippen LogP contribution in [-0.2, 0) is 16.0 Å². The summed E-state index contributed by atoms with van der Waals surface area (Å²) in [6.07, 6.45) is 0.634. The standard InChI is InChI=1S/C12H14INO3/c13-7-10(12(17)14-8-11(15)16)6-9-4-2-1-3-5-9/h1-5,10H,6-8H2,(H,14,17)(H,15,16)/t10-/m1/s1. The first-order valence-corrected chi connectivity index (χ1v) is 6.75. The van der Waals surface area contributed by atoms with Crippen molar-refractivity contribution in [2.45, 2.75) is 6.42 Å². The minimum atomic E-state index is -1.02. The first-order valence-electron chi connectivity index (χ1n) is 5.23. The highest BCUT2D eigenvalue weighted by Gasteiger charge is 2.17. The molecule has 0 heterocycles. The number of hydrogen-bond donors (Lipinski definition) is 2. The van der Waals surface area contributed by atoms with Gasteiger partial charge in [0, 0.05) is 4.43 Å². The molecule has 0 aliphatic carbocycles. The smallest absolute Gasteiger partial charge is 0.322 e. The Morgan fingerprint density at radius 2 is 1.94 bits per heavy atom. The zero-order chi connectivity index (χ0) is 12.7. The second-order valence-corrected chi connectivity index (χ2v) is 4.53. The first-order chi connectivity index (χ1) is 8.13. The van der Waals surface area contributed by atoms with E-state index in [1.54, 1.807) is 0 Å². The Morgan fingerprint density at radius 3 is 2.47 bits per heavy atom. The zero-order valence-electron chi connectivity index (χ0n) is 9.23. The molecule has 0 fully saturated rings. The van der Waals surface area contributed by atoms with Crippen molar-refractivity contribution in [3.8, 4) is 0 Å². The maximum atomic E-state index is 11.7. The summed E-state index contributed by atoms with van der Waals surface area (Å²) >= 11 is 2.14. The maximum Gasteiger partial charge on any atom is 0.322 e. The van der Waals surface area contributed by atoms with Gasteiger partial charge in [0.15, 0.2) is 0 Å². The molecule has 1 atom stereocenters. The zero-order valence-corrected chi connectivity index (χ0v) is 11.4. The number of amides is 1. The van der Waals surface area contributed by atoms with Crippen molar-refractivity contribution in [1.29, 1.82) is 0 Å². The molecule has 4 nitrogen and oxygen atoms in total. The Morgan fingerprint density at radius 1 is 1.29 bits per heavy atom. The van der Waals surface area contributed by atoms with Crippen molar-refractivity contribution in [2.75, 3.05) is 11.0 Å². The summed E-state index contributed by atoms with van der Waals surface area (Å²) in [5, 5.41) is 10.9. The van der Waals surface area contributed by atoms with Gasteiger partial charge in [-0.3, -0.25) is 9.59 Å². The highest BCUT2D eigenvalue weighted by molar-refractivity contribution is 14.1. The fraction of sp³-hybridized carbons (Fsp3) is 0.333. The highest BCUT2D eigenvalue weighted by atomic mass is 127. The van der Waals surface area contributed by atoms with Gasteiger partial charge >= 0.3 is 5.97 Å². The number of hydrogen-bond acceptors (Lipinski definition) is 2. The first kappa shape index (κ1) is 14.0. The molecule has 1 rings (SSSR count). The van der Waals surface area contributed by atoms with Crippen molar-refractivity contribution < 1.29 is 14.7 Å². The number of alkyl halides is 1. The molecule has 1 aromatic carbocycles. The van der Waals surface area contributed by atoms with E-state index >= 15 is 0 Å². The predicted octanol–water partition coefficient (Wildman–Crippen LogP) is 1.48. The van der Waals surface area contributed by atoms with Crippen molar-refractivity contribution in [3.63, 3.8) is 0 Å². The van der Waals surface area contributed by atoms with E-state index in [0.29, 0.717) is 10.8 Å². The lowest BCUT2D eigenvalue weighted by atomic mass is 10.0. The summed E-state index contributed by atoms with van der Waals surface area (Å²) in [5.74, 6) is -1.41. The van der Waals surface area contributed by atoms with Gasteiger partial charge in [-0.2, -0.15) is 0 Å². The Bertz CT molecular complexity index is 381. The Kier molecular flexibility index (Phi) is 5.96. The molecule has 2 N–H and O–H groups in total. The molecule has 17 heavy (non-hydrogen) atoms. The summed E-state index contributed by atoms with van der Waals surface area (Å²) in [6, 6.07) is 9.70. The van der Waals surface area contributed by atoms with E-state index in [1.165, 1.54) is 0 Å². The minimum absolute atomic E-state index is 0.183. The minimum Gasteiger partial charge on any atom is -0.480 e. The fourth-order valence-corrected chi connectivity index (χ4v) is 2.13. The topological polar surface area (TPSA) is 66.4 Å². The average Bonchev–Trinajstić information content (AvgIpc) is 2.34. The van der Waals surface area contributed by atoms with Gasteiger partial charge in [0.25, 0.3) is 0 Å². The van der Waals surface area contributed by atoms with Crippen LogP contribution in [0.3, 0.4) is 0 Å². The van der Waals surface area contributed by atoms with Crippen LogP contribution < -0.4 is 5.32 Å². The van der Waals surface area contributed by atoms with Gasteiger partial charge in [0.1, 0.15) is 6.54 Å². The van der Waals surface area contributed by atoms with Crippen LogP contribution in [0.25, 0.3) is 0 Å². The molecule has 0 radical (unpaired) electrons. The monoisotopic (exact) mass is 347 g/mol. The van der Waals surface area contributed by atoms with Gasteiger partial charge in [-0.25, -0.2) is 0 Å². The van der Waals surface area contributed by atoms with Gasteiger partial charge in [0.2, 0.25) is 5.91 Å². The lowest BCUT2D eigenvalue weighted by molar-refractivity contribution is -0.138. The van der Waals surface area contributed by atoms with Crippen molar-refractivity contribution in [3.05, 3.63) is 35.9 Å². The van der Waals surface area contributed by atoms with Crippen molar-refractivity contribution >= 4 is 34.5 Å². The number of carboxylic acid groups (broad SMARTS) is 1. The third-order valence-corrected chi connectivity index (χ3v) is 3.36. The summed E-state index contributed by atoms with van der Waals surface area (Å²) in [7, 11) is 0. The number of halogens is 1. The van der Waals surface area contributed by atoms with Gasteiger partial charge in [-0.15, -0.1) is 0 Å². The van der Waals surface area contributed by atoms with E-state index in [1.807, 2.05) is 30.3 Å². The van der Waals surface area contributed by atoms with Gasteiger partial charge in [-0.1, -0.05) is 52.9 Å². The van der Waals surface area contributed by atoms with Crippen LogP contribution in [0.4, 0.5) is 0 Å². The third kappa shape index (κ3) is 5.16. The fourth-order valence-electron chi connectivity index (χ4n) is 1.42. The van der Waals surface area contributed by atoms with E-state index in [2.05, 4.69) is 27.9 Å². The molecule has 0 saturated heterocycles. The van der Waals surface area contributed by atoms with Crippen molar-refractivity contribution in [2.24, 2.45) is 5.92 Å². The molecule has 0 aromatic heterocycles. The van der Waals surface area contributed by atoms with E-state index in [0.717, 1.165) is 5.56 Å². The normalized spacial score (nSPS) is 11.8. The largest absolute Gasteiger partial charge is 0.480 e. The third-order valence-electron chi connectivity index (χ3n) is 2.30. The van der Waals surface area contributed by atoms with Crippen LogP contribution in [0.1, 0.15) is 5.56 Å². The number of rotatable bonds is 6. The molecule has 1 aromatic rings.